The first-order valence-corrected chi connectivity index (χ1v) is 5.06. The number of rotatable bonds is 4. The van der Waals surface area contributed by atoms with Crippen LogP contribution >= 0.6 is 0 Å². The monoisotopic (exact) mass is 201 g/mol. The molecule has 82 valence electrons. The topological polar surface area (TPSA) is 47.6 Å². The molecule has 0 radical (unpaired) electrons. The van der Waals surface area contributed by atoms with E-state index in [4.69, 9.17) is 9.47 Å². The lowest BCUT2D eigenvalue weighted by molar-refractivity contribution is -0.144. The SMILES string of the molecule is COC(=O)[C@@H](NC1CCOC1)C(C)C. The second kappa shape index (κ2) is 5.32. The van der Waals surface area contributed by atoms with Crippen LogP contribution in [0, 0.1) is 5.92 Å². The molecule has 1 rings (SSSR count). The van der Waals surface area contributed by atoms with E-state index in [1.54, 1.807) is 0 Å². The first kappa shape index (κ1) is 11.5. The van der Waals surface area contributed by atoms with Crippen molar-refractivity contribution in [3.8, 4) is 0 Å². The lowest BCUT2D eigenvalue weighted by atomic mass is 10.0. The van der Waals surface area contributed by atoms with Crippen LogP contribution < -0.4 is 5.32 Å². The second-order valence-electron chi connectivity index (χ2n) is 3.97. The fourth-order valence-corrected chi connectivity index (χ4v) is 1.58. The van der Waals surface area contributed by atoms with Crippen LogP contribution in [0.15, 0.2) is 0 Å². The Morgan fingerprint density at radius 1 is 1.57 bits per heavy atom. The van der Waals surface area contributed by atoms with E-state index < -0.39 is 0 Å². The molecule has 0 saturated carbocycles. The van der Waals surface area contributed by atoms with Crippen molar-refractivity contribution in [1.29, 1.82) is 0 Å². The summed E-state index contributed by atoms with van der Waals surface area (Å²) in [6.45, 7) is 5.48. The predicted octanol–water partition coefficient (Wildman–Crippen LogP) is 0.562. The second-order valence-corrected chi connectivity index (χ2v) is 3.97. The highest BCUT2D eigenvalue weighted by Crippen LogP contribution is 2.09. The van der Waals surface area contributed by atoms with E-state index in [1.165, 1.54) is 7.11 Å². The Balaban J connectivity index is 2.45. The molecule has 1 saturated heterocycles. The highest BCUT2D eigenvalue weighted by Gasteiger charge is 2.27. The highest BCUT2D eigenvalue weighted by atomic mass is 16.5. The van der Waals surface area contributed by atoms with Gasteiger partial charge < -0.3 is 9.47 Å². The maximum Gasteiger partial charge on any atom is 0.323 e. The van der Waals surface area contributed by atoms with Gasteiger partial charge in [-0.3, -0.25) is 10.1 Å². The summed E-state index contributed by atoms with van der Waals surface area (Å²) in [5, 5.41) is 3.27. The van der Waals surface area contributed by atoms with Crippen LogP contribution in [-0.2, 0) is 14.3 Å². The van der Waals surface area contributed by atoms with E-state index in [1.807, 2.05) is 13.8 Å². The molecule has 0 aliphatic carbocycles. The van der Waals surface area contributed by atoms with Crippen LogP contribution in [0.2, 0.25) is 0 Å². The molecule has 1 fully saturated rings. The van der Waals surface area contributed by atoms with Crippen LogP contribution in [0.1, 0.15) is 20.3 Å². The maximum atomic E-state index is 11.4. The van der Waals surface area contributed by atoms with Crippen LogP contribution in [0.4, 0.5) is 0 Å². The summed E-state index contributed by atoms with van der Waals surface area (Å²) in [6.07, 6.45) is 0.972. The van der Waals surface area contributed by atoms with Crippen molar-refractivity contribution in [1.82, 2.24) is 5.32 Å². The molecule has 0 amide bonds. The van der Waals surface area contributed by atoms with Gasteiger partial charge in [0.15, 0.2) is 0 Å². The normalized spacial score (nSPS) is 23.9. The van der Waals surface area contributed by atoms with Crippen LogP contribution in [0.25, 0.3) is 0 Å². The first-order valence-electron chi connectivity index (χ1n) is 5.06. The maximum absolute atomic E-state index is 11.4. The molecule has 0 aromatic heterocycles. The van der Waals surface area contributed by atoms with Crippen molar-refractivity contribution in [2.24, 2.45) is 5.92 Å². The van der Waals surface area contributed by atoms with E-state index in [9.17, 15) is 4.79 Å². The van der Waals surface area contributed by atoms with Crippen molar-refractivity contribution >= 4 is 5.97 Å². The third-order valence-electron chi connectivity index (χ3n) is 2.47. The Hall–Kier alpha value is -0.610. The number of ether oxygens (including phenoxy) is 2. The number of nitrogens with one attached hydrogen (secondary N) is 1. The zero-order chi connectivity index (χ0) is 10.6. The number of carbonyl (C=O) groups is 1. The number of esters is 1. The Bertz CT molecular complexity index is 188. The van der Waals surface area contributed by atoms with Gasteiger partial charge in [0.25, 0.3) is 0 Å². The van der Waals surface area contributed by atoms with Crippen molar-refractivity contribution in [3.05, 3.63) is 0 Å². The fraction of sp³-hybridized carbons (Fsp3) is 0.900. The number of hydrogen-bond acceptors (Lipinski definition) is 4. The van der Waals surface area contributed by atoms with Crippen molar-refractivity contribution in [2.75, 3.05) is 20.3 Å². The van der Waals surface area contributed by atoms with Gasteiger partial charge in [-0.15, -0.1) is 0 Å². The van der Waals surface area contributed by atoms with Gasteiger partial charge in [0.1, 0.15) is 6.04 Å². The molecule has 0 aromatic carbocycles. The quantitative estimate of drug-likeness (QED) is 0.675. The molecule has 1 unspecified atom stereocenters. The summed E-state index contributed by atoms with van der Waals surface area (Å²) in [4.78, 5) is 11.4. The molecule has 1 aliphatic heterocycles. The number of methoxy groups -OCH3 is 1. The van der Waals surface area contributed by atoms with Gasteiger partial charge in [-0.25, -0.2) is 0 Å². The minimum atomic E-state index is -0.216. The van der Waals surface area contributed by atoms with Gasteiger partial charge in [0, 0.05) is 12.6 Å². The van der Waals surface area contributed by atoms with Crippen molar-refractivity contribution in [3.63, 3.8) is 0 Å². The first-order chi connectivity index (χ1) is 6.65. The molecule has 4 heteroatoms. The van der Waals surface area contributed by atoms with E-state index in [2.05, 4.69) is 5.32 Å². The summed E-state index contributed by atoms with van der Waals surface area (Å²) in [5.41, 5.74) is 0. The van der Waals surface area contributed by atoms with E-state index in [0.29, 0.717) is 12.6 Å². The Labute approximate surface area is 85.0 Å². The zero-order valence-electron chi connectivity index (χ0n) is 9.08. The summed E-state index contributed by atoms with van der Waals surface area (Å²) >= 11 is 0. The molecular formula is C10H19NO3. The minimum absolute atomic E-state index is 0.188. The van der Waals surface area contributed by atoms with Crippen molar-refractivity contribution < 1.29 is 14.3 Å². The summed E-state index contributed by atoms with van der Waals surface area (Å²) in [5.74, 6) is 0.0509. The van der Waals surface area contributed by atoms with E-state index in [0.717, 1.165) is 13.0 Å². The lowest BCUT2D eigenvalue weighted by Crippen LogP contribution is -2.47. The van der Waals surface area contributed by atoms with Crippen molar-refractivity contribution in [2.45, 2.75) is 32.4 Å². The van der Waals surface area contributed by atoms with Crippen LogP contribution in [0.3, 0.4) is 0 Å². The molecule has 1 heterocycles. The average Bonchev–Trinajstić information content (AvgIpc) is 2.65. The standard InChI is InChI=1S/C10H19NO3/c1-7(2)9(10(12)13-3)11-8-4-5-14-6-8/h7-9,11H,4-6H2,1-3H3/t8?,9-/m0/s1. The van der Waals surface area contributed by atoms with Gasteiger partial charge in [0.2, 0.25) is 0 Å². The third kappa shape index (κ3) is 2.96. The summed E-state index contributed by atoms with van der Waals surface area (Å²) in [6, 6.07) is 0.0770. The molecule has 1 aliphatic rings. The summed E-state index contributed by atoms with van der Waals surface area (Å²) in [7, 11) is 1.42. The van der Waals surface area contributed by atoms with Gasteiger partial charge in [-0.2, -0.15) is 0 Å². The molecule has 0 aromatic rings. The van der Waals surface area contributed by atoms with Crippen LogP contribution in [0.5, 0.6) is 0 Å². The highest BCUT2D eigenvalue weighted by molar-refractivity contribution is 5.75. The molecule has 4 nitrogen and oxygen atoms in total. The Kier molecular flexibility index (Phi) is 4.35. The third-order valence-corrected chi connectivity index (χ3v) is 2.47. The molecule has 0 bridgehead atoms. The Morgan fingerprint density at radius 2 is 2.29 bits per heavy atom. The van der Waals surface area contributed by atoms with Gasteiger partial charge >= 0.3 is 5.97 Å². The van der Waals surface area contributed by atoms with Gasteiger partial charge in [-0.05, 0) is 12.3 Å². The fourth-order valence-electron chi connectivity index (χ4n) is 1.58. The predicted molar refractivity (Wildman–Crippen MR) is 53.0 cm³/mol. The average molecular weight is 201 g/mol. The van der Waals surface area contributed by atoms with Gasteiger partial charge in [-0.1, -0.05) is 13.8 Å². The molecule has 2 atom stereocenters. The van der Waals surface area contributed by atoms with Crippen LogP contribution in [-0.4, -0.2) is 38.4 Å². The smallest absolute Gasteiger partial charge is 0.323 e. The largest absolute Gasteiger partial charge is 0.468 e. The van der Waals surface area contributed by atoms with Gasteiger partial charge in [0.05, 0.1) is 13.7 Å². The minimum Gasteiger partial charge on any atom is -0.468 e. The molecule has 1 N–H and O–H groups in total. The molecule has 0 spiro atoms. The van der Waals surface area contributed by atoms with E-state index >= 15 is 0 Å². The molecular weight excluding hydrogens is 182 g/mol. The summed E-state index contributed by atoms with van der Waals surface area (Å²) < 4.78 is 9.98. The number of carbonyl (C=O) groups excluding carboxylic acids is 1. The lowest BCUT2D eigenvalue weighted by Gasteiger charge is -2.22. The zero-order valence-corrected chi connectivity index (χ0v) is 9.08. The van der Waals surface area contributed by atoms with E-state index in [-0.39, 0.29) is 17.9 Å². The Morgan fingerprint density at radius 3 is 2.71 bits per heavy atom. The molecule has 14 heavy (non-hydrogen) atoms. The number of hydrogen-bond donors (Lipinski definition) is 1.